The van der Waals surface area contributed by atoms with E-state index in [-0.39, 0.29) is 6.04 Å². The molecule has 21 heavy (non-hydrogen) atoms. The fourth-order valence-electron chi connectivity index (χ4n) is 2.71. The molecule has 0 unspecified atom stereocenters. The van der Waals surface area contributed by atoms with Crippen LogP contribution in [0.25, 0.3) is 10.9 Å². The van der Waals surface area contributed by atoms with Crippen LogP contribution in [0.1, 0.15) is 6.42 Å². The van der Waals surface area contributed by atoms with Crippen molar-refractivity contribution in [2.45, 2.75) is 12.5 Å². The molecule has 0 radical (unpaired) electrons. The number of nitrogens with zero attached hydrogens (tertiary/aromatic N) is 2. The summed E-state index contributed by atoms with van der Waals surface area (Å²) in [6.45, 7) is 1.04. The Labute approximate surface area is 122 Å². The van der Waals surface area contributed by atoms with Gasteiger partial charge in [0.15, 0.2) is 0 Å². The fourth-order valence-corrected chi connectivity index (χ4v) is 2.71. The summed E-state index contributed by atoms with van der Waals surface area (Å²) in [5, 5.41) is 13.4. The summed E-state index contributed by atoms with van der Waals surface area (Å²) in [6.07, 6.45) is 1.66. The minimum Gasteiger partial charge on any atom is -0.495 e. The standard InChI is InChI=1S/C15H17N3O3/c1-21-13-5-4-12-11(3-2-7-16-12)14(13)17-10-6-8-18(9-10)15(19)20/h2-5,7,10,17H,6,8-9H2,1H3,(H,19,20)/t10-/m1/s1. The normalized spacial score (nSPS) is 18.0. The average molecular weight is 287 g/mol. The number of carbonyl (C=O) groups is 1. The summed E-state index contributed by atoms with van der Waals surface area (Å²) in [5.74, 6) is 0.740. The van der Waals surface area contributed by atoms with Crippen LogP contribution in [0.5, 0.6) is 5.75 Å². The molecule has 0 saturated carbocycles. The minimum absolute atomic E-state index is 0.0841. The van der Waals surface area contributed by atoms with Gasteiger partial charge in [0.2, 0.25) is 0 Å². The predicted molar refractivity (Wildman–Crippen MR) is 79.9 cm³/mol. The van der Waals surface area contributed by atoms with Gasteiger partial charge < -0.3 is 20.1 Å². The number of pyridine rings is 1. The number of hydrogen-bond donors (Lipinski definition) is 2. The number of carboxylic acid groups (broad SMARTS) is 1. The van der Waals surface area contributed by atoms with Gasteiger partial charge in [-0.1, -0.05) is 0 Å². The SMILES string of the molecule is COc1ccc2ncccc2c1N[C@@H]1CCN(C(=O)O)C1. The maximum Gasteiger partial charge on any atom is 0.407 e. The maximum absolute atomic E-state index is 11.0. The second kappa shape index (κ2) is 5.47. The number of methoxy groups -OCH3 is 1. The lowest BCUT2D eigenvalue weighted by Gasteiger charge is -2.18. The topological polar surface area (TPSA) is 74.7 Å². The molecular formula is C15H17N3O3. The van der Waals surface area contributed by atoms with Crippen molar-refractivity contribution in [3.63, 3.8) is 0 Å². The van der Waals surface area contributed by atoms with E-state index >= 15 is 0 Å². The molecule has 2 heterocycles. The number of nitrogens with one attached hydrogen (secondary N) is 1. The molecule has 0 spiro atoms. The summed E-state index contributed by atoms with van der Waals surface area (Å²) < 4.78 is 5.42. The van der Waals surface area contributed by atoms with Crippen molar-refractivity contribution in [2.75, 3.05) is 25.5 Å². The fraction of sp³-hybridized carbons (Fsp3) is 0.333. The van der Waals surface area contributed by atoms with Crippen LogP contribution >= 0.6 is 0 Å². The Bertz CT molecular complexity index is 674. The molecule has 1 saturated heterocycles. The van der Waals surface area contributed by atoms with Crippen molar-refractivity contribution < 1.29 is 14.6 Å². The van der Waals surface area contributed by atoms with E-state index in [1.165, 1.54) is 4.90 Å². The zero-order chi connectivity index (χ0) is 14.8. The van der Waals surface area contributed by atoms with Crippen LogP contribution in [0, 0.1) is 0 Å². The van der Waals surface area contributed by atoms with Crippen LogP contribution in [0.4, 0.5) is 10.5 Å². The van der Waals surface area contributed by atoms with Crippen LogP contribution in [-0.4, -0.2) is 47.3 Å². The number of fused-ring (bicyclic) bond motifs is 1. The third-order valence-corrected chi connectivity index (χ3v) is 3.77. The van der Waals surface area contributed by atoms with Crippen LogP contribution in [0.15, 0.2) is 30.5 Å². The number of amides is 1. The highest BCUT2D eigenvalue weighted by molar-refractivity contribution is 5.94. The Hall–Kier alpha value is -2.50. The maximum atomic E-state index is 11.0. The highest BCUT2D eigenvalue weighted by Gasteiger charge is 2.26. The molecular weight excluding hydrogens is 270 g/mol. The second-order valence-corrected chi connectivity index (χ2v) is 5.07. The molecule has 3 rings (SSSR count). The molecule has 6 heteroatoms. The predicted octanol–water partition coefficient (Wildman–Crippen LogP) is 2.41. The van der Waals surface area contributed by atoms with Gasteiger partial charge in [0, 0.05) is 30.7 Å². The molecule has 1 aliphatic rings. The smallest absolute Gasteiger partial charge is 0.407 e. The number of ether oxygens (including phenoxy) is 1. The largest absolute Gasteiger partial charge is 0.495 e. The molecule has 1 atom stereocenters. The van der Waals surface area contributed by atoms with Crippen molar-refractivity contribution >= 4 is 22.7 Å². The first-order valence-corrected chi connectivity index (χ1v) is 6.85. The molecule has 110 valence electrons. The van der Waals surface area contributed by atoms with Gasteiger partial charge in [-0.05, 0) is 30.7 Å². The number of anilines is 1. The van der Waals surface area contributed by atoms with E-state index in [9.17, 15) is 4.79 Å². The van der Waals surface area contributed by atoms with Crippen molar-refractivity contribution in [1.82, 2.24) is 9.88 Å². The van der Waals surface area contributed by atoms with E-state index in [2.05, 4.69) is 10.3 Å². The molecule has 0 bridgehead atoms. The third-order valence-electron chi connectivity index (χ3n) is 3.77. The summed E-state index contributed by atoms with van der Waals surface area (Å²) in [6, 6.07) is 7.74. The van der Waals surface area contributed by atoms with Crippen LogP contribution in [-0.2, 0) is 0 Å². The van der Waals surface area contributed by atoms with E-state index in [1.54, 1.807) is 13.3 Å². The first kappa shape index (κ1) is 13.5. The van der Waals surface area contributed by atoms with Gasteiger partial charge in [-0.15, -0.1) is 0 Å². The summed E-state index contributed by atoms with van der Waals surface area (Å²) >= 11 is 0. The number of likely N-dealkylation sites (tertiary alicyclic amines) is 1. The van der Waals surface area contributed by atoms with Crippen molar-refractivity contribution in [2.24, 2.45) is 0 Å². The number of benzene rings is 1. The average Bonchev–Trinajstić information content (AvgIpc) is 2.96. The lowest BCUT2D eigenvalue weighted by molar-refractivity contribution is 0.155. The van der Waals surface area contributed by atoms with Gasteiger partial charge >= 0.3 is 6.09 Å². The Balaban J connectivity index is 1.91. The molecule has 1 fully saturated rings. The Morgan fingerprint density at radius 2 is 2.33 bits per heavy atom. The van der Waals surface area contributed by atoms with Gasteiger partial charge in [-0.3, -0.25) is 4.98 Å². The van der Waals surface area contributed by atoms with E-state index in [0.29, 0.717) is 13.1 Å². The lowest BCUT2D eigenvalue weighted by atomic mass is 10.1. The van der Waals surface area contributed by atoms with Crippen molar-refractivity contribution in [3.8, 4) is 5.75 Å². The van der Waals surface area contributed by atoms with Gasteiger partial charge in [-0.2, -0.15) is 0 Å². The van der Waals surface area contributed by atoms with E-state index in [4.69, 9.17) is 9.84 Å². The Kier molecular flexibility index (Phi) is 3.51. The van der Waals surface area contributed by atoms with Crippen LogP contribution < -0.4 is 10.1 Å². The quantitative estimate of drug-likeness (QED) is 0.906. The Morgan fingerprint density at radius 3 is 3.05 bits per heavy atom. The summed E-state index contributed by atoms with van der Waals surface area (Å²) in [7, 11) is 1.63. The van der Waals surface area contributed by atoms with Gasteiger partial charge in [0.25, 0.3) is 0 Å². The van der Waals surface area contributed by atoms with Crippen molar-refractivity contribution in [3.05, 3.63) is 30.5 Å². The first-order valence-electron chi connectivity index (χ1n) is 6.85. The van der Waals surface area contributed by atoms with Gasteiger partial charge in [-0.25, -0.2) is 4.79 Å². The van der Waals surface area contributed by atoms with Gasteiger partial charge in [0.1, 0.15) is 5.75 Å². The molecule has 1 amide bonds. The molecule has 2 N–H and O–H groups in total. The summed E-state index contributed by atoms with van der Waals surface area (Å²) in [5.41, 5.74) is 1.76. The third kappa shape index (κ3) is 2.56. The molecule has 0 aliphatic carbocycles. The van der Waals surface area contributed by atoms with E-state index in [0.717, 1.165) is 28.8 Å². The zero-order valence-corrected chi connectivity index (χ0v) is 11.7. The minimum atomic E-state index is -0.870. The molecule has 6 nitrogen and oxygen atoms in total. The van der Waals surface area contributed by atoms with Crippen LogP contribution in [0.2, 0.25) is 0 Å². The number of aromatic nitrogens is 1. The van der Waals surface area contributed by atoms with Gasteiger partial charge in [0.05, 0.1) is 18.3 Å². The number of rotatable bonds is 3. The zero-order valence-electron chi connectivity index (χ0n) is 11.7. The monoisotopic (exact) mass is 287 g/mol. The first-order chi connectivity index (χ1) is 10.2. The highest BCUT2D eigenvalue weighted by atomic mass is 16.5. The molecule has 1 aliphatic heterocycles. The second-order valence-electron chi connectivity index (χ2n) is 5.07. The summed E-state index contributed by atoms with van der Waals surface area (Å²) in [4.78, 5) is 16.8. The number of hydrogen-bond acceptors (Lipinski definition) is 4. The molecule has 1 aromatic heterocycles. The lowest BCUT2D eigenvalue weighted by Crippen LogP contribution is -2.30. The van der Waals surface area contributed by atoms with Crippen LogP contribution in [0.3, 0.4) is 0 Å². The molecule has 1 aromatic carbocycles. The Morgan fingerprint density at radius 1 is 1.48 bits per heavy atom. The van der Waals surface area contributed by atoms with E-state index in [1.807, 2.05) is 24.3 Å². The van der Waals surface area contributed by atoms with E-state index < -0.39 is 6.09 Å². The van der Waals surface area contributed by atoms with Crippen molar-refractivity contribution in [1.29, 1.82) is 0 Å². The highest BCUT2D eigenvalue weighted by Crippen LogP contribution is 2.33. The molecule has 2 aromatic rings.